The number of hydrogen-bond donors (Lipinski definition) is 2. The second-order valence-electron chi connectivity index (χ2n) is 4.10. The maximum absolute atomic E-state index is 11.4. The van der Waals surface area contributed by atoms with Crippen LogP contribution in [0.1, 0.15) is 15.9 Å². The number of benzene rings is 2. The number of ether oxygens (including phenoxy) is 1. The number of hydrogen-bond acceptors (Lipinski definition) is 3. The Morgan fingerprint density at radius 2 is 2.00 bits per heavy atom. The van der Waals surface area contributed by atoms with Crippen molar-refractivity contribution >= 4 is 23.2 Å². The zero-order chi connectivity index (χ0) is 14.0. The number of amides is 1. The number of carbonyl (C=O) groups excluding carboxylic acids is 1. The van der Waals surface area contributed by atoms with Crippen LogP contribution in [0.25, 0.3) is 0 Å². The third kappa shape index (κ3) is 2.80. The third-order valence-electron chi connectivity index (χ3n) is 2.66. The molecule has 2 rings (SSSR count). The van der Waals surface area contributed by atoms with Crippen molar-refractivity contribution in [3.8, 4) is 11.5 Å². The van der Waals surface area contributed by atoms with Crippen LogP contribution in [-0.2, 0) is 0 Å². The summed E-state index contributed by atoms with van der Waals surface area (Å²) < 4.78 is 5.65. The van der Waals surface area contributed by atoms with Gasteiger partial charge in [-0.05, 0) is 42.8 Å². The van der Waals surface area contributed by atoms with Gasteiger partial charge < -0.3 is 16.2 Å². The molecule has 4 nitrogen and oxygen atoms in total. The summed E-state index contributed by atoms with van der Waals surface area (Å²) in [7, 11) is 0. The number of nitrogen functional groups attached to an aromatic ring is 1. The Labute approximate surface area is 115 Å². The van der Waals surface area contributed by atoms with Crippen LogP contribution in [0, 0.1) is 6.92 Å². The fraction of sp³-hybridized carbons (Fsp3) is 0.0714. The van der Waals surface area contributed by atoms with E-state index in [4.69, 9.17) is 27.8 Å². The predicted molar refractivity (Wildman–Crippen MR) is 75.6 cm³/mol. The van der Waals surface area contributed by atoms with Gasteiger partial charge in [0, 0.05) is 5.02 Å². The normalized spacial score (nSPS) is 10.2. The molecule has 4 N–H and O–H groups in total. The minimum Gasteiger partial charge on any atom is -0.454 e. The second-order valence-corrected chi connectivity index (χ2v) is 4.51. The van der Waals surface area contributed by atoms with Crippen LogP contribution in [0.15, 0.2) is 36.4 Å². The number of carbonyl (C=O) groups is 1. The molecular weight excluding hydrogens is 264 g/mol. The highest BCUT2D eigenvalue weighted by molar-refractivity contribution is 6.31. The largest absolute Gasteiger partial charge is 0.454 e. The van der Waals surface area contributed by atoms with Gasteiger partial charge >= 0.3 is 0 Å². The van der Waals surface area contributed by atoms with E-state index >= 15 is 0 Å². The summed E-state index contributed by atoms with van der Waals surface area (Å²) in [5, 5.41) is 0.642. The SMILES string of the molecule is Cc1cc(Oc2c(N)cccc2C(N)=O)ccc1Cl. The van der Waals surface area contributed by atoms with Gasteiger partial charge in [0.25, 0.3) is 5.91 Å². The molecule has 0 aliphatic heterocycles. The molecule has 0 heterocycles. The van der Waals surface area contributed by atoms with Gasteiger partial charge in [-0.1, -0.05) is 17.7 Å². The summed E-state index contributed by atoms with van der Waals surface area (Å²) in [4.78, 5) is 11.4. The fourth-order valence-electron chi connectivity index (χ4n) is 1.66. The lowest BCUT2D eigenvalue weighted by molar-refractivity contribution is 0.0998. The van der Waals surface area contributed by atoms with Crippen molar-refractivity contribution < 1.29 is 9.53 Å². The molecule has 2 aromatic carbocycles. The highest BCUT2D eigenvalue weighted by atomic mass is 35.5. The van der Waals surface area contributed by atoms with Gasteiger partial charge in [-0.3, -0.25) is 4.79 Å². The van der Waals surface area contributed by atoms with E-state index in [0.717, 1.165) is 5.56 Å². The molecule has 0 saturated heterocycles. The quantitative estimate of drug-likeness (QED) is 0.846. The Balaban J connectivity index is 2.42. The molecule has 2 aromatic rings. The molecule has 0 aliphatic rings. The minimum absolute atomic E-state index is 0.243. The number of nitrogens with two attached hydrogens (primary N) is 2. The highest BCUT2D eigenvalue weighted by Gasteiger charge is 2.13. The minimum atomic E-state index is -0.590. The topological polar surface area (TPSA) is 78.3 Å². The highest BCUT2D eigenvalue weighted by Crippen LogP contribution is 2.32. The molecule has 98 valence electrons. The molecule has 0 fully saturated rings. The number of anilines is 1. The number of halogens is 1. The van der Waals surface area contributed by atoms with Crippen molar-refractivity contribution in [3.05, 3.63) is 52.5 Å². The lowest BCUT2D eigenvalue weighted by Crippen LogP contribution is -2.13. The third-order valence-corrected chi connectivity index (χ3v) is 3.08. The average Bonchev–Trinajstić information content (AvgIpc) is 2.36. The first kappa shape index (κ1) is 13.2. The Bertz CT molecular complexity index is 641. The first-order valence-electron chi connectivity index (χ1n) is 5.61. The van der Waals surface area contributed by atoms with Gasteiger partial charge in [0.05, 0.1) is 11.3 Å². The summed E-state index contributed by atoms with van der Waals surface area (Å²) in [6, 6.07) is 10.0. The van der Waals surface area contributed by atoms with E-state index in [1.165, 1.54) is 0 Å². The molecule has 0 atom stereocenters. The molecule has 0 spiro atoms. The molecule has 5 heteroatoms. The van der Waals surface area contributed by atoms with Crippen LogP contribution in [0.3, 0.4) is 0 Å². The molecule has 1 amide bonds. The number of rotatable bonds is 3. The van der Waals surface area contributed by atoms with E-state index in [1.807, 2.05) is 6.92 Å². The molecule has 0 saturated carbocycles. The van der Waals surface area contributed by atoms with Gasteiger partial charge in [-0.25, -0.2) is 0 Å². The van der Waals surface area contributed by atoms with E-state index in [-0.39, 0.29) is 11.3 Å². The van der Waals surface area contributed by atoms with E-state index in [1.54, 1.807) is 36.4 Å². The molecule has 0 bridgehead atoms. The van der Waals surface area contributed by atoms with Gasteiger partial charge in [0.15, 0.2) is 5.75 Å². The van der Waals surface area contributed by atoms with E-state index in [0.29, 0.717) is 16.5 Å². The Hall–Kier alpha value is -2.20. The zero-order valence-electron chi connectivity index (χ0n) is 10.3. The van der Waals surface area contributed by atoms with E-state index in [2.05, 4.69) is 0 Å². The molecule has 0 unspecified atom stereocenters. The monoisotopic (exact) mass is 276 g/mol. The number of para-hydroxylation sites is 1. The van der Waals surface area contributed by atoms with Crippen molar-refractivity contribution in [2.45, 2.75) is 6.92 Å². The van der Waals surface area contributed by atoms with Crippen LogP contribution in [0.2, 0.25) is 5.02 Å². The van der Waals surface area contributed by atoms with E-state index < -0.39 is 5.91 Å². The summed E-state index contributed by atoms with van der Waals surface area (Å²) in [6.45, 7) is 1.86. The van der Waals surface area contributed by atoms with Crippen LogP contribution in [0.4, 0.5) is 5.69 Å². The lowest BCUT2D eigenvalue weighted by Gasteiger charge is -2.12. The fourth-order valence-corrected chi connectivity index (χ4v) is 1.78. The number of aryl methyl sites for hydroxylation is 1. The smallest absolute Gasteiger partial charge is 0.252 e. The first-order chi connectivity index (χ1) is 8.99. The van der Waals surface area contributed by atoms with Crippen LogP contribution < -0.4 is 16.2 Å². The molecule has 19 heavy (non-hydrogen) atoms. The van der Waals surface area contributed by atoms with E-state index in [9.17, 15) is 4.79 Å². The summed E-state index contributed by atoms with van der Waals surface area (Å²) in [6.07, 6.45) is 0. The van der Waals surface area contributed by atoms with Crippen molar-refractivity contribution in [2.75, 3.05) is 5.73 Å². The lowest BCUT2D eigenvalue weighted by atomic mass is 10.1. The van der Waals surface area contributed by atoms with Gasteiger partial charge in [0.2, 0.25) is 0 Å². The Morgan fingerprint density at radius 3 is 2.63 bits per heavy atom. The Morgan fingerprint density at radius 1 is 1.26 bits per heavy atom. The number of primary amides is 1. The summed E-state index contributed by atoms with van der Waals surface area (Å²) in [5.74, 6) is 0.215. The zero-order valence-corrected chi connectivity index (χ0v) is 11.1. The second kappa shape index (κ2) is 5.20. The Kier molecular flexibility index (Phi) is 3.62. The van der Waals surface area contributed by atoms with Gasteiger partial charge in [-0.2, -0.15) is 0 Å². The molecule has 0 aliphatic carbocycles. The molecular formula is C14H13ClN2O2. The summed E-state index contributed by atoms with van der Waals surface area (Å²) >= 11 is 5.94. The first-order valence-corrected chi connectivity index (χ1v) is 5.99. The van der Waals surface area contributed by atoms with Crippen LogP contribution in [-0.4, -0.2) is 5.91 Å². The van der Waals surface area contributed by atoms with Crippen molar-refractivity contribution in [2.24, 2.45) is 5.73 Å². The standard InChI is InChI=1S/C14H13ClN2O2/c1-8-7-9(5-6-11(8)15)19-13-10(14(17)18)3-2-4-12(13)16/h2-7H,16H2,1H3,(H2,17,18). The van der Waals surface area contributed by atoms with Gasteiger partial charge in [-0.15, -0.1) is 0 Å². The van der Waals surface area contributed by atoms with Crippen molar-refractivity contribution in [1.29, 1.82) is 0 Å². The maximum Gasteiger partial charge on any atom is 0.252 e. The van der Waals surface area contributed by atoms with Crippen LogP contribution >= 0.6 is 11.6 Å². The molecule has 0 aromatic heterocycles. The molecule has 0 radical (unpaired) electrons. The van der Waals surface area contributed by atoms with Crippen molar-refractivity contribution in [1.82, 2.24) is 0 Å². The van der Waals surface area contributed by atoms with Gasteiger partial charge in [0.1, 0.15) is 5.75 Å². The predicted octanol–water partition coefficient (Wildman–Crippen LogP) is 3.12. The van der Waals surface area contributed by atoms with Crippen LogP contribution in [0.5, 0.6) is 11.5 Å². The summed E-state index contributed by atoms with van der Waals surface area (Å²) in [5.41, 5.74) is 12.6. The van der Waals surface area contributed by atoms with Crippen molar-refractivity contribution in [3.63, 3.8) is 0 Å². The average molecular weight is 277 g/mol. The maximum atomic E-state index is 11.4.